The van der Waals surface area contributed by atoms with E-state index in [4.69, 9.17) is 17.7 Å². The van der Waals surface area contributed by atoms with E-state index in [1.54, 1.807) is 0 Å². The van der Waals surface area contributed by atoms with Gasteiger partial charge in [0, 0.05) is 49.1 Å². The van der Waals surface area contributed by atoms with Crippen LogP contribution in [0.1, 0.15) is 0 Å². The molecule has 16 rings (SSSR count). The molecule has 0 aliphatic heterocycles. The van der Waals surface area contributed by atoms with Crippen molar-refractivity contribution in [2.45, 2.75) is 0 Å². The van der Waals surface area contributed by atoms with E-state index in [-0.39, 0.29) is 0 Å². The Balaban J connectivity index is 1.09. The molecule has 65 heavy (non-hydrogen) atoms. The van der Waals surface area contributed by atoms with Crippen molar-refractivity contribution < 1.29 is 17.7 Å². The van der Waals surface area contributed by atoms with Gasteiger partial charge in [0.05, 0.1) is 16.7 Å². The van der Waals surface area contributed by atoms with Gasteiger partial charge < -0.3 is 31.4 Å². The van der Waals surface area contributed by atoms with Crippen LogP contribution in [0.5, 0.6) is 0 Å². The Morgan fingerprint density at radius 1 is 0.277 bits per heavy atom. The molecule has 7 aromatic heterocycles. The highest BCUT2D eigenvalue weighted by atomic mass is 16.4. The Hall–Kier alpha value is -8.94. The maximum Gasteiger partial charge on any atom is 0.196 e. The number of hydrogen-bond donors (Lipinski definition) is 0. The van der Waals surface area contributed by atoms with Crippen LogP contribution in [0, 0.1) is 0 Å². The molecule has 0 fully saturated rings. The molecule has 0 saturated carbocycles. The zero-order chi connectivity index (χ0) is 42.1. The molecule has 0 amide bonds. The fraction of sp³-hybridized carbons (Fsp3) is 0. The van der Waals surface area contributed by atoms with E-state index in [0.29, 0.717) is 0 Å². The molecule has 0 bridgehead atoms. The van der Waals surface area contributed by atoms with Gasteiger partial charge in [0.1, 0.15) is 44.4 Å². The summed E-state index contributed by atoms with van der Waals surface area (Å²) in [5.74, 6) is 0. The maximum absolute atomic E-state index is 6.69. The third-order valence-electron chi connectivity index (χ3n) is 13.8. The number of fused-ring (bicyclic) bond motifs is 20. The van der Waals surface area contributed by atoms with Crippen LogP contribution in [0.2, 0.25) is 0 Å². The second-order valence-electron chi connectivity index (χ2n) is 17.2. The first kappa shape index (κ1) is 33.7. The van der Waals surface area contributed by atoms with Gasteiger partial charge in [-0.25, -0.2) is 0 Å². The van der Waals surface area contributed by atoms with Crippen molar-refractivity contribution in [2.24, 2.45) is 0 Å². The molecule has 0 aliphatic rings. The zero-order valence-corrected chi connectivity index (χ0v) is 34.4. The van der Waals surface area contributed by atoms with Crippen molar-refractivity contribution >= 4 is 132 Å². The van der Waals surface area contributed by atoms with E-state index in [9.17, 15) is 0 Å². The van der Waals surface area contributed by atoms with E-state index >= 15 is 0 Å². The fourth-order valence-corrected chi connectivity index (χ4v) is 11.1. The summed E-state index contributed by atoms with van der Waals surface area (Å²) in [6.45, 7) is 0. The summed E-state index contributed by atoms with van der Waals surface area (Å²) in [6.07, 6.45) is 0. The molecule has 9 aromatic carbocycles. The highest BCUT2D eigenvalue weighted by molar-refractivity contribution is 6.27. The van der Waals surface area contributed by atoms with Gasteiger partial charge in [-0.3, -0.25) is 0 Å². The second kappa shape index (κ2) is 11.9. The molecule has 16 aromatic rings. The molecule has 7 heteroatoms. The minimum absolute atomic E-state index is 0.740. The first-order chi connectivity index (χ1) is 32.2. The number of nitrogens with zero attached hydrogens (tertiary/aromatic N) is 3. The number of benzene rings is 9. The lowest BCUT2D eigenvalue weighted by atomic mass is 10.0. The number of aromatic nitrogens is 3. The molecule has 0 aliphatic carbocycles. The molecule has 7 heterocycles. The number of para-hydroxylation sites is 4. The quantitative estimate of drug-likeness (QED) is 0.178. The van der Waals surface area contributed by atoms with Crippen LogP contribution in [0.25, 0.3) is 149 Å². The van der Waals surface area contributed by atoms with Gasteiger partial charge in [-0.05, 0) is 95.0 Å². The van der Waals surface area contributed by atoms with E-state index in [1.807, 2.05) is 48.5 Å². The Kier molecular flexibility index (Phi) is 6.19. The molecule has 0 radical (unpaired) electrons. The van der Waals surface area contributed by atoms with E-state index in [2.05, 4.69) is 153 Å². The third kappa shape index (κ3) is 4.25. The maximum atomic E-state index is 6.69. The Morgan fingerprint density at radius 2 is 0.708 bits per heavy atom. The number of furan rings is 4. The van der Waals surface area contributed by atoms with E-state index < -0.39 is 0 Å². The smallest absolute Gasteiger partial charge is 0.196 e. The van der Waals surface area contributed by atoms with Crippen molar-refractivity contribution in [1.29, 1.82) is 0 Å². The minimum atomic E-state index is 0.740. The largest absolute Gasteiger partial charge is 0.450 e. The summed E-state index contributed by atoms with van der Waals surface area (Å²) in [5.41, 5.74) is 15.5. The van der Waals surface area contributed by atoms with E-state index in [1.165, 1.54) is 16.2 Å². The predicted octanol–water partition coefficient (Wildman–Crippen LogP) is 16.3. The molecule has 0 unspecified atom stereocenters. The Bertz CT molecular complexity index is 4560. The van der Waals surface area contributed by atoms with Gasteiger partial charge >= 0.3 is 0 Å². The van der Waals surface area contributed by atoms with Gasteiger partial charge in [0.2, 0.25) is 0 Å². The van der Waals surface area contributed by atoms with Crippen molar-refractivity contribution in [2.75, 3.05) is 0 Å². The molecule has 0 atom stereocenters. The van der Waals surface area contributed by atoms with Gasteiger partial charge in [-0.15, -0.1) is 0 Å². The monoisotopic (exact) mass is 833 g/mol. The minimum Gasteiger partial charge on any atom is -0.450 e. The van der Waals surface area contributed by atoms with Crippen LogP contribution < -0.4 is 0 Å². The summed E-state index contributed by atoms with van der Waals surface area (Å²) in [5, 5.41) is 11.1. The highest BCUT2D eigenvalue weighted by Gasteiger charge is 2.29. The predicted molar refractivity (Wildman–Crippen MR) is 264 cm³/mol. The molecule has 0 spiro atoms. The zero-order valence-electron chi connectivity index (χ0n) is 34.4. The van der Waals surface area contributed by atoms with Crippen LogP contribution in [0.15, 0.2) is 206 Å². The lowest BCUT2D eigenvalue weighted by Crippen LogP contribution is -1.99. The van der Waals surface area contributed by atoms with Crippen molar-refractivity contribution in [1.82, 2.24) is 13.7 Å². The van der Waals surface area contributed by atoms with Gasteiger partial charge in [0.15, 0.2) is 22.3 Å². The molecule has 0 N–H and O–H groups in total. The first-order valence-electron chi connectivity index (χ1n) is 21.9. The fourth-order valence-electron chi connectivity index (χ4n) is 11.1. The van der Waals surface area contributed by atoms with Gasteiger partial charge in [0.25, 0.3) is 0 Å². The number of hydrogen-bond acceptors (Lipinski definition) is 4. The van der Waals surface area contributed by atoms with Gasteiger partial charge in [-0.2, -0.15) is 0 Å². The van der Waals surface area contributed by atoms with Crippen LogP contribution in [-0.4, -0.2) is 13.7 Å². The molecular formula is C58H31N3O4. The summed E-state index contributed by atoms with van der Waals surface area (Å²) in [7, 11) is 0. The van der Waals surface area contributed by atoms with Crippen molar-refractivity contribution in [3.63, 3.8) is 0 Å². The van der Waals surface area contributed by atoms with E-state index in [0.717, 1.165) is 133 Å². The Labute approximate surface area is 366 Å². The topological polar surface area (TPSA) is 67.3 Å². The van der Waals surface area contributed by atoms with Crippen LogP contribution >= 0.6 is 0 Å². The normalized spacial score (nSPS) is 12.6. The average molecular weight is 834 g/mol. The number of rotatable bonds is 3. The van der Waals surface area contributed by atoms with Crippen molar-refractivity contribution in [3.8, 4) is 17.1 Å². The van der Waals surface area contributed by atoms with Gasteiger partial charge in [-0.1, -0.05) is 109 Å². The summed E-state index contributed by atoms with van der Waals surface area (Å²) >= 11 is 0. The molecule has 7 nitrogen and oxygen atoms in total. The third-order valence-corrected chi connectivity index (χ3v) is 13.8. The highest BCUT2D eigenvalue weighted by Crippen LogP contribution is 2.48. The van der Waals surface area contributed by atoms with Crippen molar-refractivity contribution in [3.05, 3.63) is 188 Å². The lowest BCUT2D eigenvalue weighted by molar-refractivity contribution is 0.634. The second-order valence-corrected chi connectivity index (χ2v) is 17.2. The average Bonchev–Trinajstić information content (AvgIpc) is 4.22. The molecule has 0 saturated heterocycles. The van der Waals surface area contributed by atoms with Crippen LogP contribution in [0.3, 0.4) is 0 Å². The standard InChI is InChI=1S/C58H31N3O4/c1-2-14-33-29-34(26-25-32(33)13-1)59-43-30-35(60-51-39-17-5-9-21-46(39)62-55(51)56-52(60)40-18-6-10-22-47(40)63-56)27-28-38(43)50-37-16-4-3-15-36(37)44(31-45(50)59)61-53-41-19-7-11-23-48(41)64-57(53)58-54(61)42-20-8-12-24-49(42)65-58/h1-31H. The van der Waals surface area contributed by atoms with Crippen LogP contribution in [0.4, 0.5) is 0 Å². The summed E-state index contributed by atoms with van der Waals surface area (Å²) in [4.78, 5) is 0. The van der Waals surface area contributed by atoms with Crippen LogP contribution in [-0.2, 0) is 0 Å². The molecule has 302 valence electrons. The summed E-state index contributed by atoms with van der Waals surface area (Å²) < 4.78 is 33.8. The Morgan fingerprint density at radius 3 is 1.26 bits per heavy atom. The molecular weight excluding hydrogens is 803 g/mol. The lowest BCUT2D eigenvalue weighted by Gasteiger charge is -2.15. The SMILES string of the molecule is c1ccc2cc(-n3c4cc(-n5c6c7ccccc7oc6c6oc7ccccc7c65)ccc4c4c5ccccc5c(-n5c6c7ccccc7oc6c6oc7ccccc7c65)cc43)ccc2c1. The summed E-state index contributed by atoms with van der Waals surface area (Å²) in [6, 6.07) is 66.6. The first-order valence-corrected chi connectivity index (χ1v) is 21.9.